The third kappa shape index (κ3) is 2.28. The average Bonchev–Trinajstić information content (AvgIpc) is 2.33. The molecule has 1 aromatic heterocycles. The molecular weight excluding hydrogens is 200 g/mol. The minimum absolute atomic E-state index is 0.165. The van der Waals surface area contributed by atoms with Gasteiger partial charge in [-0.15, -0.1) is 0 Å². The fraction of sp³-hybridized carbons (Fsp3) is 0.167. The van der Waals surface area contributed by atoms with Gasteiger partial charge >= 0.3 is 0 Å². The van der Waals surface area contributed by atoms with E-state index in [4.69, 9.17) is 5.73 Å². The maximum absolute atomic E-state index is 5.76. The van der Waals surface area contributed by atoms with E-state index < -0.39 is 0 Å². The van der Waals surface area contributed by atoms with Crippen LogP contribution in [0.15, 0.2) is 42.9 Å². The van der Waals surface area contributed by atoms with Gasteiger partial charge in [-0.25, -0.2) is 9.97 Å². The van der Waals surface area contributed by atoms with Gasteiger partial charge in [0.2, 0.25) is 0 Å². The van der Waals surface area contributed by atoms with E-state index in [2.05, 4.69) is 34.3 Å². The monoisotopic (exact) mass is 214 g/mol. The number of benzene rings is 1. The largest absolute Gasteiger partial charge is 0.394 e. The van der Waals surface area contributed by atoms with E-state index in [9.17, 15) is 0 Å². The van der Waals surface area contributed by atoms with Crippen molar-refractivity contribution in [2.24, 2.45) is 0 Å². The summed E-state index contributed by atoms with van der Waals surface area (Å²) in [7, 11) is 0. The molecule has 3 N–H and O–H groups in total. The first-order chi connectivity index (χ1) is 7.77. The summed E-state index contributed by atoms with van der Waals surface area (Å²) in [5.74, 6) is 0.673. The second kappa shape index (κ2) is 4.61. The Labute approximate surface area is 94.5 Å². The Bertz CT molecular complexity index is 456. The Hall–Kier alpha value is -2.10. The van der Waals surface area contributed by atoms with E-state index in [1.165, 1.54) is 11.9 Å². The van der Waals surface area contributed by atoms with Crippen LogP contribution in [0.5, 0.6) is 0 Å². The van der Waals surface area contributed by atoms with Crippen molar-refractivity contribution in [2.45, 2.75) is 13.0 Å². The quantitative estimate of drug-likeness (QED) is 0.822. The summed E-state index contributed by atoms with van der Waals surface area (Å²) in [5.41, 5.74) is 7.51. The van der Waals surface area contributed by atoms with Crippen LogP contribution in [0.25, 0.3) is 0 Å². The van der Waals surface area contributed by atoms with Crippen LogP contribution in [0.3, 0.4) is 0 Å². The molecular formula is C12H14N4. The highest BCUT2D eigenvalue weighted by molar-refractivity contribution is 5.59. The van der Waals surface area contributed by atoms with E-state index in [1.807, 2.05) is 18.2 Å². The minimum atomic E-state index is 0.165. The minimum Gasteiger partial charge on any atom is -0.394 e. The lowest BCUT2D eigenvalue weighted by atomic mass is 10.1. The molecule has 0 bridgehead atoms. The second-order valence-electron chi connectivity index (χ2n) is 3.60. The SMILES string of the molecule is CC(Nc1ncncc1N)c1ccccc1. The van der Waals surface area contributed by atoms with E-state index in [-0.39, 0.29) is 6.04 Å². The Morgan fingerprint density at radius 1 is 1.25 bits per heavy atom. The summed E-state index contributed by atoms with van der Waals surface area (Å²) in [4.78, 5) is 7.95. The smallest absolute Gasteiger partial charge is 0.153 e. The van der Waals surface area contributed by atoms with Gasteiger partial charge < -0.3 is 11.1 Å². The molecule has 1 unspecified atom stereocenters. The third-order valence-electron chi connectivity index (χ3n) is 2.39. The molecule has 4 nitrogen and oxygen atoms in total. The third-order valence-corrected chi connectivity index (χ3v) is 2.39. The highest BCUT2D eigenvalue weighted by Crippen LogP contribution is 2.20. The van der Waals surface area contributed by atoms with Crippen LogP contribution in [0, 0.1) is 0 Å². The summed E-state index contributed by atoms with van der Waals surface area (Å²) in [6, 6.07) is 10.3. The number of anilines is 2. The maximum Gasteiger partial charge on any atom is 0.153 e. The highest BCUT2D eigenvalue weighted by atomic mass is 15.0. The number of rotatable bonds is 3. The fourth-order valence-corrected chi connectivity index (χ4v) is 1.49. The molecule has 16 heavy (non-hydrogen) atoms. The molecule has 0 aliphatic carbocycles. The number of aromatic nitrogens is 2. The molecule has 0 saturated carbocycles. The molecule has 4 heteroatoms. The van der Waals surface area contributed by atoms with Crippen LogP contribution in [0.1, 0.15) is 18.5 Å². The first-order valence-corrected chi connectivity index (χ1v) is 5.14. The topological polar surface area (TPSA) is 63.8 Å². The first kappa shape index (κ1) is 10.4. The van der Waals surface area contributed by atoms with Crippen LogP contribution in [-0.2, 0) is 0 Å². The molecule has 0 saturated heterocycles. The van der Waals surface area contributed by atoms with Crippen LogP contribution in [0.2, 0.25) is 0 Å². The van der Waals surface area contributed by atoms with Crippen molar-refractivity contribution in [3.05, 3.63) is 48.4 Å². The molecule has 2 aromatic rings. The van der Waals surface area contributed by atoms with Crippen molar-refractivity contribution < 1.29 is 0 Å². The molecule has 82 valence electrons. The van der Waals surface area contributed by atoms with Crippen LogP contribution in [0.4, 0.5) is 11.5 Å². The molecule has 1 aromatic carbocycles. The van der Waals surface area contributed by atoms with Crippen molar-refractivity contribution >= 4 is 11.5 Å². The molecule has 0 aliphatic heterocycles. The number of nitrogen functional groups attached to an aromatic ring is 1. The lowest BCUT2D eigenvalue weighted by Crippen LogP contribution is -2.09. The summed E-state index contributed by atoms with van der Waals surface area (Å²) in [6.07, 6.45) is 3.07. The number of nitrogens with one attached hydrogen (secondary N) is 1. The van der Waals surface area contributed by atoms with E-state index >= 15 is 0 Å². The Morgan fingerprint density at radius 2 is 2.00 bits per heavy atom. The molecule has 0 spiro atoms. The normalized spacial score (nSPS) is 12.1. The van der Waals surface area contributed by atoms with Gasteiger partial charge in [0.25, 0.3) is 0 Å². The number of hydrogen-bond acceptors (Lipinski definition) is 4. The number of nitrogens with two attached hydrogens (primary N) is 1. The molecule has 0 fully saturated rings. The zero-order valence-corrected chi connectivity index (χ0v) is 9.09. The molecule has 0 aliphatic rings. The van der Waals surface area contributed by atoms with E-state index in [0.29, 0.717) is 11.5 Å². The standard InChI is InChI=1S/C12H14N4/c1-9(10-5-3-2-4-6-10)16-12-11(13)7-14-8-15-12/h2-9H,13H2,1H3,(H,14,15,16). The van der Waals surface area contributed by atoms with Gasteiger partial charge in [-0.3, -0.25) is 0 Å². The van der Waals surface area contributed by atoms with Gasteiger partial charge in [-0.1, -0.05) is 30.3 Å². The summed E-state index contributed by atoms with van der Waals surface area (Å²) < 4.78 is 0. The Kier molecular flexibility index (Phi) is 3.00. The van der Waals surface area contributed by atoms with Crippen LogP contribution >= 0.6 is 0 Å². The average molecular weight is 214 g/mol. The lowest BCUT2D eigenvalue weighted by molar-refractivity contribution is 0.873. The first-order valence-electron chi connectivity index (χ1n) is 5.14. The van der Waals surface area contributed by atoms with Crippen LogP contribution in [-0.4, -0.2) is 9.97 Å². The van der Waals surface area contributed by atoms with Crippen molar-refractivity contribution in [1.29, 1.82) is 0 Å². The van der Waals surface area contributed by atoms with Crippen LogP contribution < -0.4 is 11.1 Å². The second-order valence-corrected chi connectivity index (χ2v) is 3.60. The fourth-order valence-electron chi connectivity index (χ4n) is 1.49. The molecule has 0 amide bonds. The molecule has 2 rings (SSSR count). The van der Waals surface area contributed by atoms with Crippen molar-refractivity contribution in [3.63, 3.8) is 0 Å². The van der Waals surface area contributed by atoms with Crippen molar-refractivity contribution in [2.75, 3.05) is 11.1 Å². The van der Waals surface area contributed by atoms with Gasteiger partial charge in [-0.2, -0.15) is 0 Å². The van der Waals surface area contributed by atoms with Gasteiger partial charge in [0.05, 0.1) is 17.9 Å². The summed E-state index contributed by atoms with van der Waals surface area (Å²) >= 11 is 0. The van der Waals surface area contributed by atoms with Gasteiger partial charge in [0.1, 0.15) is 6.33 Å². The van der Waals surface area contributed by atoms with Crippen molar-refractivity contribution in [1.82, 2.24) is 9.97 Å². The number of nitrogens with zero attached hydrogens (tertiary/aromatic N) is 2. The summed E-state index contributed by atoms with van der Waals surface area (Å²) in [6.45, 7) is 2.07. The zero-order chi connectivity index (χ0) is 11.4. The molecule has 1 atom stereocenters. The highest BCUT2D eigenvalue weighted by Gasteiger charge is 2.07. The zero-order valence-electron chi connectivity index (χ0n) is 9.09. The molecule has 1 heterocycles. The Morgan fingerprint density at radius 3 is 2.69 bits per heavy atom. The predicted molar refractivity (Wildman–Crippen MR) is 64.9 cm³/mol. The predicted octanol–water partition coefficient (Wildman–Crippen LogP) is 2.23. The van der Waals surface area contributed by atoms with Gasteiger partial charge in [0, 0.05) is 0 Å². The lowest BCUT2D eigenvalue weighted by Gasteiger charge is -2.15. The van der Waals surface area contributed by atoms with E-state index in [0.717, 1.165) is 0 Å². The van der Waals surface area contributed by atoms with E-state index in [1.54, 1.807) is 6.20 Å². The van der Waals surface area contributed by atoms with Crippen molar-refractivity contribution in [3.8, 4) is 0 Å². The molecule has 0 radical (unpaired) electrons. The summed E-state index contributed by atoms with van der Waals surface area (Å²) in [5, 5.41) is 3.25. The maximum atomic E-state index is 5.76. The number of hydrogen-bond donors (Lipinski definition) is 2. The van der Waals surface area contributed by atoms with Gasteiger partial charge in [0.15, 0.2) is 5.82 Å². The van der Waals surface area contributed by atoms with Gasteiger partial charge in [-0.05, 0) is 12.5 Å². The Balaban J connectivity index is 2.14.